The largest absolute Gasteiger partial charge is 0.419 e. The molecule has 1 aromatic heterocycles. The average molecular weight is 261 g/mol. The molecule has 0 aliphatic heterocycles. The summed E-state index contributed by atoms with van der Waals surface area (Å²) in [5.41, 5.74) is 3.84. The van der Waals surface area contributed by atoms with Gasteiger partial charge in [0.05, 0.1) is 12.1 Å². The second kappa shape index (κ2) is 4.37. The van der Waals surface area contributed by atoms with E-state index >= 15 is 0 Å². The first kappa shape index (κ1) is 12.5. The Bertz CT molecular complexity index is 564. The molecule has 4 nitrogen and oxygen atoms in total. The Labute approximate surface area is 98.4 Å². The fraction of sp³-hybridized carbons (Fsp3) is 0.200. The van der Waals surface area contributed by atoms with Crippen LogP contribution in [0.15, 0.2) is 22.7 Å². The van der Waals surface area contributed by atoms with Crippen LogP contribution in [0.3, 0.4) is 0 Å². The van der Waals surface area contributed by atoms with Crippen LogP contribution in [0.1, 0.15) is 11.4 Å². The van der Waals surface area contributed by atoms with Crippen molar-refractivity contribution < 1.29 is 22.1 Å². The van der Waals surface area contributed by atoms with Crippen molar-refractivity contribution >= 4 is 0 Å². The second-order valence-electron chi connectivity index (χ2n) is 3.41. The Morgan fingerprint density at radius 1 is 1.28 bits per heavy atom. The second-order valence-corrected chi connectivity index (χ2v) is 3.41. The Morgan fingerprint density at radius 3 is 2.56 bits per heavy atom. The van der Waals surface area contributed by atoms with E-state index in [2.05, 4.69) is 10.1 Å². The van der Waals surface area contributed by atoms with Gasteiger partial charge in [0.2, 0.25) is 0 Å². The lowest BCUT2D eigenvalue weighted by Crippen LogP contribution is -2.08. The van der Waals surface area contributed by atoms with Gasteiger partial charge in [-0.3, -0.25) is 0 Å². The molecule has 0 bridgehead atoms. The fourth-order valence-electron chi connectivity index (χ4n) is 1.33. The van der Waals surface area contributed by atoms with Gasteiger partial charge in [0.25, 0.3) is 5.89 Å². The first-order valence-electron chi connectivity index (χ1n) is 4.81. The van der Waals surface area contributed by atoms with Crippen LogP contribution in [-0.4, -0.2) is 10.1 Å². The number of aromatic nitrogens is 2. The molecule has 1 heterocycles. The molecule has 8 heteroatoms. The highest BCUT2D eigenvalue weighted by molar-refractivity contribution is 5.54. The van der Waals surface area contributed by atoms with E-state index in [4.69, 9.17) is 10.3 Å². The summed E-state index contributed by atoms with van der Waals surface area (Å²) in [4.78, 5) is 3.76. The maximum atomic E-state index is 13.0. The molecule has 0 saturated heterocycles. The number of hydrogen-bond donors (Lipinski definition) is 1. The molecule has 0 amide bonds. The van der Waals surface area contributed by atoms with Crippen LogP contribution in [0, 0.1) is 5.82 Å². The van der Waals surface area contributed by atoms with Crippen LogP contribution >= 0.6 is 0 Å². The summed E-state index contributed by atoms with van der Waals surface area (Å²) in [6, 6.07) is 2.44. The van der Waals surface area contributed by atoms with Gasteiger partial charge in [0.15, 0.2) is 5.82 Å². The Kier molecular flexibility index (Phi) is 3.04. The van der Waals surface area contributed by atoms with E-state index in [0.29, 0.717) is 12.1 Å². The first-order chi connectivity index (χ1) is 8.41. The van der Waals surface area contributed by atoms with Gasteiger partial charge >= 0.3 is 6.18 Å². The topological polar surface area (TPSA) is 64.9 Å². The lowest BCUT2D eigenvalue weighted by molar-refractivity contribution is -0.139. The summed E-state index contributed by atoms with van der Waals surface area (Å²) in [7, 11) is 0. The predicted molar refractivity (Wildman–Crippen MR) is 52.6 cm³/mol. The first-order valence-corrected chi connectivity index (χ1v) is 4.81. The quantitative estimate of drug-likeness (QED) is 0.843. The molecule has 0 radical (unpaired) electrons. The van der Waals surface area contributed by atoms with Crippen molar-refractivity contribution in [1.29, 1.82) is 0 Å². The number of benzene rings is 1. The van der Waals surface area contributed by atoms with Crippen LogP contribution < -0.4 is 5.73 Å². The van der Waals surface area contributed by atoms with E-state index in [1.165, 1.54) is 0 Å². The van der Waals surface area contributed by atoms with Gasteiger partial charge in [-0.15, -0.1) is 0 Å². The Hall–Kier alpha value is -1.96. The van der Waals surface area contributed by atoms with Gasteiger partial charge in [-0.2, -0.15) is 18.2 Å². The fourth-order valence-corrected chi connectivity index (χ4v) is 1.33. The molecule has 0 fully saturated rings. The van der Waals surface area contributed by atoms with Crippen molar-refractivity contribution in [2.45, 2.75) is 12.7 Å². The molecular formula is C10H7F4N3O. The van der Waals surface area contributed by atoms with E-state index in [0.717, 1.165) is 6.07 Å². The number of nitrogens with two attached hydrogens (primary N) is 1. The minimum Gasteiger partial charge on any atom is -0.334 e. The third kappa shape index (κ3) is 2.33. The highest BCUT2D eigenvalue weighted by Crippen LogP contribution is 2.33. The molecule has 2 aromatic rings. The molecular weight excluding hydrogens is 254 g/mol. The predicted octanol–water partition coefficient (Wildman–Crippen LogP) is 2.35. The van der Waals surface area contributed by atoms with Crippen molar-refractivity contribution in [3.63, 3.8) is 0 Å². The molecule has 2 N–H and O–H groups in total. The zero-order chi connectivity index (χ0) is 13.3. The molecule has 0 atom stereocenters. The van der Waals surface area contributed by atoms with Crippen LogP contribution in [-0.2, 0) is 12.7 Å². The lowest BCUT2D eigenvalue weighted by Gasteiger charge is -2.08. The summed E-state index contributed by atoms with van der Waals surface area (Å²) in [5.74, 6) is -1.34. The van der Waals surface area contributed by atoms with Crippen molar-refractivity contribution in [1.82, 2.24) is 10.1 Å². The van der Waals surface area contributed by atoms with Gasteiger partial charge in [-0.25, -0.2) is 4.39 Å². The third-order valence-corrected chi connectivity index (χ3v) is 2.17. The zero-order valence-corrected chi connectivity index (χ0v) is 8.83. The summed E-state index contributed by atoms with van der Waals surface area (Å²) in [6.45, 7) is -0.00315. The SMILES string of the molecule is NCc1noc(-c2ccc(F)c(C(F)(F)F)c2)n1. The van der Waals surface area contributed by atoms with E-state index in [1.54, 1.807) is 0 Å². The molecule has 0 unspecified atom stereocenters. The number of rotatable bonds is 2. The summed E-state index contributed by atoms with van der Waals surface area (Å²) >= 11 is 0. The van der Waals surface area contributed by atoms with Gasteiger partial charge < -0.3 is 10.3 Å². The highest BCUT2D eigenvalue weighted by atomic mass is 19.4. The van der Waals surface area contributed by atoms with Gasteiger partial charge in [-0.05, 0) is 18.2 Å². The molecule has 18 heavy (non-hydrogen) atoms. The minimum absolute atomic E-state index is 0.00315. The lowest BCUT2D eigenvalue weighted by atomic mass is 10.1. The third-order valence-electron chi connectivity index (χ3n) is 2.17. The van der Waals surface area contributed by atoms with E-state index in [-0.39, 0.29) is 23.8 Å². The van der Waals surface area contributed by atoms with E-state index in [1.807, 2.05) is 0 Å². The maximum absolute atomic E-state index is 13.0. The van der Waals surface area contributed by atoms with Crippen LogP contribution in [0.5, 0.6) is 0 Å². The normalized spacial score (nSPS) is 11.8. The zero-order valence-electron chi connectivity index (χ0n) is 8.83. The van der Waals surface area contributed by atoms with Crippen LogP contribution in [0.25, 0.3) is 11.5 Å². The maximum Gasteiger partial charge on any atom is 0.419 e. The minimum atomic E-state index is -4.78. The molecule has 0 aliphatic carbocycles. The van der Waals surface area contributed by atoms with Crippen molar-refractivity contribution in [3.8, 4) is 11.5 Å². The standard InChI is InChI=1S/C10H7F4N3O/c11-7-2-1-5(3-6(7)10(12,13)14)9-16-8(4-15)17-18-9/h1-3H,4,15H2. The average Bonchev–Trinajstić information content (AvgIpc) is 2.76. The molecule has 2 rings (SSSR count). The molecule has 0 saturated carbocycles. The van der Waals surface area contributed by atoms with Crippen molar-refractivity contribution in [3.05, 3.63) is 35.4 Å². The Morgan fingerprint density at radius 2 is 2.00 bits per heavy atom. The monoisotopic (exact) mass is 261 g/mol. The highest BCUT2D eigenvalue weighted by Gasteiger charge is 2.34. The van der Waals surface area contributed by atoms with Crippen molar-refractivity contribution in [2.24, 2.45) is 5.73 Å². The number of alkyl halides is 3. The van der Waals surface area contributed by atoms with Crippen LogP contribution in [0.4, 0.5) is 17.6 Å². The van der Waals surface area contributed by atoms with Gasteiger partial charge in [-0.1, -0.05) is 5.16 Å². The van der Waals surface area contributed by atoms with Crippen molar-refractivity contribution in [2.75, 3.05) is 0 Å². The molecule has 0 aliphatic rings. The van der Waals surface area contributed by atoms with Gasteiger partial charge in [0.1, 0.15) is 5.82 Å². The molecule has 0 spiro atoms. The van der Waals surface area contributed by atoms with E-state index < -0.39 is 17.6 Å². The summed E-state index contributed by atoms with van der Waals surface area (Å²) in [6.07, 6.45) is -4.78. The molecule has 1 aromatic carbocycles. The smallest absolute Gasteiger partial charge is 0.334 e. The number of halogens is 4. The molecule has 96 valence electrons. The van der Waals surface area contributed by atoms with E-state index in [9.17, 15) is 17.6 Å². The number of hydrogen-bond acceptors (Lipinski definition) is 4. The van der Waals surface area contributed by atoms with Gasteiger partial charge in [0, 0.05) is 5.56 Å². The Balaban J connectivity index is 2.47. The number of nitrogens with zero attached hydrogens (tertiary/aromatic N) is 2. The van der Waals surface area contributed by atoms with Crippen LogP contribution in [0.2, 0.25) is 0 Å². The summed E-state index contributed by atoms with van der Waals surface area (Å²) < 4.78 is 55.2. The summed E-state index contributed by atoms with van der Waals surface area (Å²) in [5, 5.41) is 3.44.